The monoisotopic (exact) mass is 277 g/mol. The number of carbonyl (C=O) groups is 2. The third-order valence-electron chi connectivity index (χ3n) is 3.66. The highest BCUT2D eigenvalue weighted by molar-refractivity contribution is 6.30. The van der Waals surface area contributed by atoms with Gasteiger partial charge in [0.05, 0.1) is 17.5 Å². The quantitative estimate of drug-likeness (QED) is 0.802. The molecule has 0 spiro atoms. The maximum atomic E-state index is 12.3. The second-order valence-electron chi connectivity index (χ2n) is 4.84. The third-order valence-corrected chi connectivity index (χ3v) is 3.97. The van der Waals surface area contributed by atoms with Crippen LogP contribution in [0.15, 0.2) is 35.4 Å². The van der Waals surface area contributed by atoms with E-state index in [0.29, 0.717) is 23.6 Å². The van der Waals surface area contributed by atoms with Gasteiger partial charge >= 0.3 is 0 Å². The van der Waals surface area contributed by atoms with Crippen molar-refractivity contribution < 1.29 is 14.7 Å². The minimum absolute atomic E-state index is 0.0316. The zero-order chi connectivity index (χ0) is 13.6. The summed E-state index contributed by atoms with van der Waals surface area (Å²) in [6.45, 7) is 0. The number of anilines is 1. The third kappa shape index (κ3) is 1.92. The second-order valence-corrected chi connectivity index (χ2v) is 5.32. The normalized spacial score (nSPS) is 26.4. The lowest BCUT2D eigenvalue weighted by molar-refractivity contribution is -0.122. The van der Waals surface area contributed by atoms with Crippen molar-refractivity contribution in [1.82, 2.24) is 0 Å². The SMILES string of the molecule is O=C1C2CC=C(Cl)CC2C(=O)N1c1cccc(O)c1. The molecule has 98 valence electrons. The van der Waals surface area contributed by atoms with Crippen LogP contribution in [0.1, 0.15) is 12.8 Å². The first-order chi connectivity index (χ1) is 9.08. The molecule has 1 aromatic carbocycles. The molecule has 2 aliphatic rings. The van der Waals surface area contributed by atoms with Crippen LogP contribution in [-0.2, 0) is 9.59 Å². The Morgan fingerprint density at radius 2 is 1.95 bits per heavy atom. The molecule has 1 aromatic rings. The van der Waals surface area contributed by atoms with Crippen molar-refractivity contribution in [3.05, 3.63) is 35.4 Å². The minimum Gasteiger partial charge on any atom is -0.508 e. The van der Waals surface area contributed by atoms with Gasteiger partial charge in [0.2, 0.25) is 11.8 Å². The number of rotatable bonds is 1. The van der Waals surface area contributed by atoms with Crippen molar-refractivity contribution >= 4 is 29.1 Å². The van der Waals surface area contributed by atoms with Crippen LogP contribution in [0.25, 0.3) is 0 Å². The largest absolute Gasteiger partial charge is 0.508 e. The van der Waals surface area contributed by atoms with Gasteiger partial charge in [-0.1, -0.05) is 23.7 Å². The molecule has 2 amide bonds. The van der Waals surface area contributed by atoms with Crippen LogP contribution < -0.4 is 4.90 Å². The number of hydrogen-bond donors (Lipinski definition) is 1. The molecular weight excluding hydrogens is 266 g/mol. The molecule has 4 nitrogen and oxygen atoms in total. The fraction of sp³-hybridized carbons (Fsp3) is 0.286. The Morgan fingerprint density at radius 3 is 2.68 bits per heavy atom. The summed E-state index contributed by atoms with van der Waals surface area (Å²) in [6, 6.07) is 6.17. The molecule has 2 unspecified atom stereocenters. The van der Waals surface area contributed by atoms with Crippen molar-refractivity contribution in [2.24, 2.45) is 11.8 Å². The molecular formula is C14H12ClNO3. The van der Waals surface area contributed by atoms with E-state index in [1.54, 1.807) is 18.2 Å². The number of phenols is 1. The van der Waals surface area contributed by atoms with Crippen LogP contribution in [-0.4, -0.2) is 16.9 Å². The molecule has 1 fully saturated rings. The standard InChI is InChI=1S/C14H12ClNO3/c15-8-4-5-11-12(6-8)14(19)16(13(11)18)9-2-1-3-10(17)7-9/h1-4,7,11-12,17H,5-6H2. The molecule has 2 atom stereocenters. The highest BCUT2D eigenvalue weighted by Gasteiger charge is 2.48. The Bertz CT molecular complexity index is 596. The minimum atomic E-state index is -0.368. The zero-order valence-electron chi connectivity index (χ0n) is 10.0. The molecule has 0 saturated carbocycles. The lowest BCUT2D eigenvalue weighted by Crippen LogP contribution is -2.30. The Labute approximate surface area is 115 Å². The van der Waals surface area contributed by atoms with Gasteiger partial charge in [-0.15, -0.1) is 0 Å². The summed E-state index contributed by atoms with van der Waals surface area (Å²) >= 11 is 5.95. The lowest BCUT2D eigenvalue weighted by atomic mass is 9.85. The lowest BCUT2D eigenvalue weighted by Gasteiger charge is -2.17. The van der Waals surface area contributed by atoms with E-state index in [1.165, 1.54) is 17.0 Å². The number of phenolic OH excluding ortho intramolecular Hbond substituents is 1. The van der Waals surface area contributed by atoms with Gasteiger partial charge in [-0.05, 0) is 25.0 Å². The molecule has 1 N–H and O–H groups in total. The first kappa shape index (κ1) is 12.2. The topological polar surface area (TPSA) is 57.6 Å². The van der Waals surface area contributed by atoms with Gasteiger partial charge in [0.15, 0.2) is 0 Å². The summed E-state index contributed by atoms with van der Waals surface area (Å²) in [5, 5.41) is 10.1. The average Bonchev–Trinajstić information content (AvgIpc) is 2.61. The molecule has 1 heterocycles. The van der Waals surface area contributed by atoms with Gasteiger partial charge in [-0.3, -0.25) is 9.59 Å². The Hall–Kier alpha value is -1.81. The summed E-state index contributed by atoms with van der Waals surface area (Å²) in [6.07, 6.45) is 2.73. The summed E-state index contributed by atoms with van der Waals surface area (Å²) in [5.41, 5.74) is 0.417. The number of imide groups is 1. The molecule has 0 bridgehead atoms. The van der Waals surface area contributed by atoms with Gasteiger partial charge in [0.1, 0.15) is 5.75 Å². The van der Waals surface area contributed by atoms with Crippen LogP contribution in [0.5, 0.6) is 5.75 Å². The van der Waals surface area contributed by atoms with Crippen molar-refractivity contribution in [2.75, 3.05) is 4.90 Å². The number of hydrogen-bond acceptors (Lipinski definition) is 3. The number of carbonyl (C=O) groups excluding carboxylic acids is 2. The Balaban J connectivity index is 1.97. The molecule has 1 aliphatic heterocycles. The summed E-state index contributed by atoms with van der Waals surface area (Å²) in [5.74, 6) is -1.10. The average molecular weight is 278 g/mol. The molecule has 0 radical (unpaired) electrons. The van der Waals surface area contributed by atoms with Gasteiger partial charge in [0.25, 0.3) is 0 Å². The van der Waals surface area contributed by atoms with Gasteiger partial charge in [-0.2, -0.15) is 0 Å². The van der Waals surface area contributed by atoms with Crippen molar-refractivity contribution in [2.45, 2.75) is 12.8 Å². The van der Waals surface area contributed by atoms with Gasteiger partial charge in [0, 0.05) is 11.1 Å². The molecule has 5 heteroatoms. The van der Waals surface area contributed by atoms with Crippen LogP contribution in [0, 0.1) is 11.8 Å². The van der Waals surface area contributed by atoms with Crippen molar-refractivity contribution in [3.63, 3.8) is 0 Å². The van der Waals surface area contributed by atoms with Crippen LogP contribution >= 0.6 is 11.6 Å². The first-order valence-electron chi connectivity index (χ1n) is 6.09. The van der Waals surface area contributed by atoms with E-state index in [0.717, 1.165) is 0 Å². The predicted octanol–water partition coefficient (Wildman–Crippen LogP) is 2.41. The van der Waals surface area contributed by atoms with E-state index in [1.807, 2.05) is 0 Å². The van der Waals surface area contributed by atoms with E-state index < -0.39 is 0 Å². The van der Waals surface area contributed by atoms with E-state index in [4.69, 9.17) is 11.6 Å². The number of aromatic hydroxyl groups is 1. The second kappa shape index (κ2) is 4.38. The number of allylic oxidation sites excluding steroid dienone is 2. The van der Waals surface area contributed by atoms with Crippen LogP contribution in [0.2, 0.25) is 0 Å². The zero-order valence-corrected chi connectivity index (χ0v) is 10.8. The predicted molar refractivity (Wildman–Crippen MR) is 70.7 cm³/mol. The summed E-state index contributed by atoms with van der Waals surface area (Å²) in [4.78, 5) is 25.8. The maximum absolute atomic E-state index is 12.3. The Morgan fingerprint density at radius 1 is 1.21 bits per heavy atom. The molecule has 0 aromatic heterocycles. The molecule has 3 rings (SSSR count). The highest BCUT2D eigenvalue weighted by atomic mass is 35.5. The number of amides is 2. The molecule has 1 saturated heterocycles. The first-order valence-corrected chi connectivity index (χ1v) is 6.47. The smallest absolute Gasteiger partial charge is 0.238 e. The molecule has 19 heavy (non-hydrogen) atoms. The summed E-state index contributed by atoms with van der Waals surface area (Å²) in [7, 11) is 0. The van der Waals surface area contributed by atoms with Crippen molar-refractivity contribution in [3.8, 4) is 5.75 Å². The van der Waals surface area contributed by atoms with Crippen LogP contribution in [0.3, 0.4) is 0 Å². The van der Waals surface area contributed by atoms with E-state index in [9.17, 15) is 14.7 Å². The van der Waals surface area contributed by atoms with Gasteiger partial charge < -0.3 is 5.11 Å². The maximum Gasteiger partial charge on any atom is 0.238 e. The number of halogens is 1. The van der Waals surface area contributed by atoms with Crippen molar-refractivity contribution in [1.29, 1.82) is 0 Å². The number of fused-ring (bicyclic) bond motifs is 1. The van der Waals surface area contributed by atoms with Crippen LogP contribution in [0.4, 0.5) is 5.69 Å². The van der Waals surface area contributed by atoms with E-state index in [-0.39, 0.29) is 29.4 Å². The fourth-order valence-corrected chi connectivity index (χ4v) is 2.97. The van der Waals surface area contributed by atoms with E-state index in [2.05, 4.69) is 0 Å². The summed E-state index contributed by atoms with van der Waals surface area (Å²) < 4.78 is 0. The van der Waals surface area contributed by atoms with Gasteiger partial charge in [-0.25, -0.2) is 4.90 Å². The number of benzene rings is 1. The highest BCUT2D eigenvalue weighted by Crippen LogP contribution is 2.41. The fourth-order valence-electron chi connectivity index (χ4n) is 2.71. The Kier molecular flexibility index (Phi) is 2.82. The number of nitrogens with zero attached hydrogens (tertiary/aromatic N) is 1. The molecule has 1 aliphatic carbocycles. The van der Waals surface area contributed by atoms with E-state index >= 15 is 0 Å².